The average molecular weight is 440 g/mol. The molecule has 1 aromatic carbocycles. The number of aliphatic hydroxyl groups excluding tert-OH is 1. The molecular weight excluding hydrogens is 421 g/mol. The smallest absolute Gasteiger partial charge is 0.406 e. The van der Waals surface area contributed by atoms with E-state index in [2.05, 4.69) is 20.4 Å². The van der Waals surface area contributed by atoms with Crippen molar-refractivity contribution in [2.75, 3.05) is 30.5 Å². The molecule has 1 atom stereocenters. The highest BCUT2D eigenvalue weighted by atomic mass is 19.4. The van der Waals surface area contributed by atoms with E-state index in [-0.39, 0.29) is 31.3 Å². The molecule has 31 heavy (non-hydrogen) atoms. The molecule has 166 valence electrons. The van der Waals surface area contributed by atoms with E-state index in [0.29, 0.717) is 11.1 Å². The molecule has 1 aliphatic heterocycles. The Hall–Kier alpha value is -3.38. The Morgan fingerprint density at radius 3 is 2.65 bits per heavy atom. The van der Waals surface area contributed by atoms with Crippen LogP contribution in [0.2, 0.25) is 0 Å². The Balaban J connectivity index is 1.81. The molecule has 1 unspecified atom stereocenters. The predicted octanol–water partition coefficient (Wildman–Crippen LogP) is 2.33. The largest absolute Gasteiger partial charge is 0.573 e. The van der Waals surface area contributed by atoms with Gasteiger partial charge in [0.05, 0.1) is 24.9 Å². The van der Waals surface area contributed by atoms with Gasteiger partial charge in [-0.25, -0.2) is 9.78 Å². The lowest BCUT2D eigenvalue weighted by molar-refractivity contribution is -0.274. The van der Waals surface area contributed by atoms with Gasteiger partial charge in [-0.05, 0) is 23.8 Å². The number of halogens is 3. The number of ether oxygens (including phenoxy) is 2. The molecule has 0 aliphatic carbocycles. The number of alkyl halides is 3. The van der Waals surface area contributed by atoms with Gasteiger partial charge in [-0.1, -0.05) is 12.1 Å². The van der Waals surface area contributed by atoms with Crippen molar-refractivity contribution in [1.29, 1.82) is 0 Å². The number of anilines is 2. The molecule has 12 heteroatoms. The number of aromatic nitrogens is 1. The molecule has 0 spiro atoms. The van der Waals surface area contributed by atoms with E-state index in [1.54, 1.807) is 0 Å². The molecule has 0 saturated carbocycles. The molecular formula is C19H19F3N4O5. The normalized spacial score (nSPS) is 14.5. The zero-order valence-corrected chi connectivity index (χ0v) is 16.3. The van der Waals surface area contributed by atoms with Crippen LogP contribution in [-0.2, 0) is 16.1 Å². The number of carbonyl (C=O) groups is 2. The first-order valence-electron chi connectivity index (χ1n) is 9.03. The number of carbonyl (C=O) groups excluding carboxylic acids is 2. The summed E-state index contributed by atoms with van der Waals surface area (Å²) >= 11 is 0. The summed E-state index contributed by atoms with van der Waals surface area (Å²) in [5, 5.41) is 14.7. The van der Waals surface area contributed by atoms with Gasteiger partial charge < -0.3 is 25.2 Å². The molecule has 3 rings (SSSR count). The molecule has 2 heterocycles. The second-order valence-electron chi connectivity index (χ2n) is 6.54. The maximum atomic E-state index is 12.9. The quantitative estimate of drug-likeness (QED) is 0.636. The highest BCUT2D eigenvalue weighted by Crippen LogP contribution is 2.31. The number of hydrogen-bond acceptors (Lipinski definition) is 6. The topological polar surface area (TPSA) is 113 Å². The van der Waals surface area contributed by atoms with Crippen LogP contribution < -0.4 is 20.3 Å². The van der Waals surface area contributed by atoms with E-state index in [4.69, 9.17) is 4.74 Å². The number of pyridine rings is 1. The van der Waals surface area contributed by atoms with Crippen LogP contribution in [0.25, 0.3) is 0 Å². The minimum absolute atomic E-state index is 0.0161. The summed E-state index contributed by atoms with van der Waals surface area (Å²) in [4.78, 5) is 30.2. The molecule has 9 nitrogen and oxygen atoms in total. The second-order valence-corrected chi connectivity index (χ2v) is 6.54. The van der Waals surface area contributed by atoms with E-state index in [1.165, 1.54) is 31.5 Å². The first kappa shape index (κ1) is 22.3. The summed E-state index contributed by atoms with van der Waals surface area (Å²) in [5.41, 5.74) is 1.08. The van der Waals surface area contributed by atoms with Crippen molar-refractivity contribution in [3.8, 4) is 5.75 Å². The van der Waals surface area contributed by atoms with Crippen LogP contribution in [-0.4, -0.2) is 48.7 Å². The molecule has 0 bridgehead atoms. The van der Waals surface area contributed by atoms with Crippen LogP contribution in [0.1, 0.15) is 17.2 Å². The van der Waals surface area contributed by atoms with E-state index >= 15 is 0 Å². The molecule has 0 fully saturated rings. The van der Waals surface area contributed by atoms with Crippen LogP contribution in [0.3, 0.4) is 0 Å². The number of methoxy groups -OCH3 is 1. The van der Waals surface area contributed by atoms with Crippen molar-refractivity contribution in [2.45, 2.75) is 19.0 Å². The molecule has 2 aromatic rings. The standard InChI is InChI=1S/C19H19F3N4O5/c1-30-10-14(11-2-4-13(5-3-11)31-19(20,21)22)24-18(29)26-8-15(28)25-16-12(9-27)6-7-23-17(16)26/h2-7,14,27H,8-10H2,1H3,(H,24,29)(H,25,28). The van der Waals surface area contributed by atoms with Gasteiger partial charge >= 0.3 is 12.4 Å². The van der Waals surface area contributed by atoms with Gasteiger partial charge in [0.15, 0.2) is 5.82 Å². The number of benzene rings is 1. The Labute approximate surface area is 174 Å². The van der Waals surface area contributed by atoms with Crippen LogP contribution >= 0.6 is 0 Å². The number of nitrogens with zero attached hydrogens (tertiary/aromatic N) is 2. The van der Waals surface area contributed by atoms with E-state index in [1.807, 2.05) is 0 Å². The fourth-order valence-electron chi connectivity index (χ4n) is 3.04. The number of urea groups is 1. The minimum atomic E-state index is -4.82. The first-order chi connectivity index (χ1) is 14.7. The van der Waals surface area contributed by atoms with Gasteiger partial charge in [-0.15, -0.1) is 13.2 Å². The Bertz CT molecular complexity index is 953. The number of amides is 3. The van der Waals surface area contributed by atoms with E-state index in [9.17, 15) is 27.9 Å². The lowest BCUT2D eigenvalue weighted by Crippen LogP contribution is -2.49. The predicted molar refractivity (Wildman–Crippen MR) is 102 cm³/mol. The number of nitrogens with one attached hydrogen (secondary N) is 2. The summed E-state index contributed by atoms with van der Waals surface area (Å²) in [6.45, 7) is -0.653. The fraction of sp³-hybridized carbons (Fsp3) is 0.316. The summed E-state index contributed by atoms with van der Waals surface area (Å²) in [7, 11) is 1.40. The first-order valence-corrected chi connectivity index (χ1v) is 9.03. The van der Waals surface area contributed by atoms with Crippen molar-refractivity contribution in [3.63, 3.8) is 0 Å². The van der Waals surface area contributed by atoms with Crippen LogP contribution in [0.5, 0.6) is 5.75 Å². The van der Waals surface area contributed by atoms with E-state index < -0.39 is 30.1 Å². The number of aliphatic hydroxyl groups is 1. The van der Waals surface area contributed by atoms with Gasteiger partial charge in [0.2, 0.25) is 5.91 Å². The van der Waals surface area contributed by atoms with Gasteiger partial charge in [-0.3, -0.25) is 9.69 Å². The van der Waals surface area contributed by atoms with Gasteiger partial charge in [-0.2, -0.15) is 0 Å². The third kappa shape index (κ3) is 5.41. The van der Waals surface area contributed by atoms with Gasteiger partial charge in [0.25, 0.3) is 0 Å². The van der Waals surface area contributed by atoms with Gasteiger partial charge in [0.1, 0.15) is 12.3 Å². The number of hydrogen-bond donors (Lipinski definition) is 3. The average Bonchev–Trinajstić information content (AvgIpc) is 2.71. The Morgan fingerprint density at radius 1 is 1.32 bits per heavy atom. The maximum absolute atomic E-state index is 12.9. The minimum Gasteiger partial charge on any atom is -0.406 e. The third-order valence-corrected chi connectivity index (χ3v) is 4.40. The lowest BCUT2D eigenvalue weighted by Gasteiger charge is -2.30. The Kier molecular flexibility index (Phi) is 6.61. The van der Waals surface area contributed by atoms with Gasteiger partial charge in [0, 0.05) is 18.9 Å². The van der Waals surface area contributed by atoms with Crippen molar-refractivity contribution in [2.24, 2.45) is 0 Å². The summed E-state index contributed by atoms with van der Waals surface area (Å²) in [6, 6.07) is 5.09. The van der Waals surface area contributed by atoms with Crippen molar-refractivity contribution in [3.05, 3.63) is 47.7 Å². The molecule has 3 amide bonds. The monoisotopic (exact) mass is 440 g/mol. The van der Waals surface area contributed by atoms with E-state index in [0.717, 1.165) is 17.0 Å². The third-order valence-electron chi connectivity index (χ3n) is 4.40. The molecule has 0 saturated heterocycles. The Morgan fingerprint density at radius 2 is 2.03 bits per heavy atom. The highest BCUT2D eigenvalue weighted by molar-refractivity contribution is 6.09. The summed E-state index contributed by atoms with van der Waals surface area (Å²) in [5.74, 6) is -0.711. The van der Waals surface area contributed by atoms with Crippen LogP contribution in [0.15, 0.2) is 36.5 Å². The number of fused-ring (bicyclic) bond motifs is 1. The number of rotatable bonds is 6. The van der Waals surface area contributed by atoms with Crippen molar-refractivity contribution >= 4 is 23.4 Å². The second kappa shape index (κ2) is 9.18. The summed E-state index contributed by atoms with van der Waals surface area (Å²) in [6.07, 6.45) is -3.42. The maximum Gasteiger partial charge on any atom is 0.573 e. The fourth-order valence-corrected chi connectivity index (χ4v) is 3.04. The van der Waals surface area contributed by atoms with Crippen LogP contribution in [0.4, 0.5) is 29.5 Å². The molecule has 3 N–H and O–H groups in total. The molecule has 1 aliphatic rings. The SMILES string of the molecule is COCC(NC(=O)N1CC(=O)Nc2c(CO)ccnc21)c1ccc(OC(F)(F)F)cc1. The molecule has 0 radical (unpaired) electrons. The summed E-state index contributed by atoms with van der Waals surface area (Å²) < 4.78 is 46.0. The van der Waals surface area contributed by atoms with Crippen molar-refractivity contribution < 1.29 is 37.3 Å². The lowest BCUT2D eigenvalue weighted by atomic mass is 10.1. The molecule has 1 aromatic heterocycles. The van der Waals surface area contributed by atoms with Crippen LogP contribution in [0, 0.1) is 0 Å². The van der Waals surface area contributed by atoms with Crippen molar-refractivity contribution in [1.82, 2.24) is 10.3 Å². The zero-order chi connectivity index (χ0) is 22.6. The highest BCUT2D eigenvalue weighted by Gasteiger charge is 2.32. The zero-order valence-electron chi connectivity index (χ0n) is 16.3.